The smallest absolute Gasteiger partial charge is 0.273 e. The van der Waals surface area contributed by atoms with Gasteiger partial charge in [-0.15, -0.1) is 11.3 Å². The molecular formula is C14H17N3O3S. The van der Waals surface area contributed by atoms with Crippen molar-refractivity contribution in [3.63, 3.8) is 0 Å². The molecule has 1 aliphatic carbocycles. The lowest BCUT2D eigenvalue weighted by Crippen LogP contribution is -2.27. The molecular weight excluding hydrogens is 290 g/mol. The van der Waals surface area contributed by atoms with Crippen molar-refractivity contribution in [1.82, 2.24) is 15.5 Å². The van der Waals surface area contributed by atoms with Gasteiger partial charge in [-0.1, -0.05) is 5.16 Å². The van der Waals surface area contributed by atoms with Gasteiger partial charge in [-0.3, -0.25) is 4.79 Å². The summed E-state index contributed by atoms with van der Waals surface area (Å²) >= 11 is 1.74. The van der Waals surface area contributed by atoms with Crippen LogP contribution in [0.25, 0.3) is 0 Å². The maximum atomic E-state index is 12.0. The molecule has 2 heterocycles. The van der Waals surface area contributed by atoms with E-state index in [-0.39, 0.29) is 18.2 Å². The van der Waals surface area contributed by atoms with E-state index in [4.69, 9.17) is 4.52 Å². The number of aliphatic hydroxyl groups excluding tert-OH is 1. The largest absolute Gasteiger partial charge is 0.391 e. The van der Waals surface area contributed by atoms with Crippen LogP contribution in [0.3, 0.4) is 0 Å². The molecule has 2 aromatic heterocycles. The van der Waals surface area contributed by atoms with E-state index in [0.717, 1.165) is 17.8 Å². The van der Waals surface area contributed by atoms with Gasteiger partial charge < -0.3 is 14.9 Å². The van der Waals surface area contributed by atoms with E-state index in [9.17, 15) is 9.90 Å². The number of carbonyl (C=O) groups is 1. The molecule has 0 spiro atoms. The summed E-state index contributed by atoms with van der Waals surface area (Å²) in [5.41, 5.74) is 1.84. The Kier molecular flexibility index (Phi) is 4.03. The van der Waals surface area contributed by atoms with Crippen molar-refractivity contribution >= 4 is 17.2 Å². The molecule has 0 radical (unpaired) electrons. The van der Waals surface area contributed by atoms with Crippen LogP contribution < -0.4 is 5.32 Å². The van der Waals surface area contributed by atoms with E-state index < -0.39 is 0 Å². The molecule has 7 heteroatoms. The zero-order chi connectivity index (χ0) is 14.8. The van der Waals surface area contributed by atoms with Gasteiger partial charge in [0.05, 0.1) is 22.9 Å². The predicted octanol–water partition coefficient (Wildman–Crippen LogP) is 1.39. The first-order valence-corrected chi connectivity index (χ1v) is 7.82. The second-order valence-electron chi connectivity index (χ2n) is 5.06. The first kappa shape index (κ1) is 14.2. The molecule has 1 amide bonds. The summed E-state index contributed by atoms with van der Waals surface area (Å²) in [4.78, 5) is 18.0. The van der Waals surface area contributed by atoms with Crippen LogP contribution in [-0.2, 0) is 25.9 Å². The fourth-order valence-electron chi connectivity index (χ4n) is 2.47. The van der Waals surface area contributed by atoms with E-state index in [1.165, 1.54) is 17.0 Å². The number of aryl methyl sites for hydroxylation is 3. The Bertz CT molecular complexity index is 641. The highest BCUT2D eigenvalue weighted by atomic mass is 32.1. The molecule has 0 bridgehead atoms. The molecule has 112 valence electrons. The Morgan fingerprint density at radius 2 is 2.33 bits per heavy atom. The second kappa shape index (κ2) is 5.95. The average molecular weight is 307 g/mol. The van der Waals surface area contributed by atoms with Crippen LogP contribution in [-0.4, -0.2) is 27.7 Å². The lowest BCUT2D eigenvalue weighted by atomic mass is 10.2. The number of aromatic nitrogens is 2. The number of carbonyl (C=O) groups excluding carboxylic acids is 1. The number of nitrogens with zero attached hydrogens (tertiary/aromatic N) is 2. The van der Waals surface area contributed by atoms with Gasteiger partial charge in [-0.2, -0.15) is 0 Å². The number of aliphatic hydroxyl groups is 1. The van der Waals surface area contributed by atoms with Crippen LogP contribution in [0.5, 0.6) is 0 Å². The number of rotatable bonds is 5. The molecule has 6 nitrogen and oxygen atoms in total. The number of hydrogen-bond donors (Lipinski definition) is 2. The highest BCUT2D eigenvalue weighted by Gasteiger charge is 2.19. The topological polar surface area (TPSA) is 88.3 Å². The molecule has 1 aliphatic rings. The summed E-state index contributed by atoms with van der Waals surface area (Å²) in [5.74, 6) is 0.152. The van der Waals surface area contributed by atoms with Crippen molar-refractivity contribution in [3.05, 3.63) is 32.6 Å². The van der Waals surface area contributed by atoms with Crippen molar-refractivity contribution in [2.45, 2.75) is 39.2 Å². The van der Waals surface area contributed by atoms with Crippen LogP contribution in [0.15, 0.2) is 4.52 Å². The third-order valence-electron chi connectivity index (χ3n) is 3.62. The Morgan fingerprint density at radius 3 is 3.10 bits per heavy atom. The Balaban J connectivity index is 1.56. The second-order valence-corrected chi connectivity index (χ2v) is 6.23. The third-order valence-corrected chi connectivity index (χ3v) is 4.84. The molecule has 2 aromatic rings. The van der Waals surface area contributed by atoms with Gasteiger partial charge in [0.2, 0.25) is 0 Å². The molecule has 3 rings (SSSR count). The van der Waals surface area contributed by atoms with Crippen LogP contribution in [0.1, 0.15) is 43.8 Å². The van der Waals surface area contributed by atoms with Crippen molar-refractivity contribution in [3.8, 4) is 0 Å². The summed E-state index contributed by atoms with van der Waals surface area (Å²) in [6.07, 6.45) is 4.14. The van der Waals surface area contributed by atoms with Gasteiger partial charge in [0.1, 0.15) is 5.76 Å². The van der Waals surface area contributed by atoms with Crippen LogP contribution >= 0.6 is 11.3 Å². The fraction of sp³-hybridized carbons (Fsp3) is 0.500. The molecule has 2 N–H and O–H groups in total. The van der Waals surface area contributed by atoms with E-state index >= 15 is 0 Å². The van der Waals surface area contributed by atoms with Crippen LogP contribution in [0.2, 0.25) is 0 Å². The van der Waals surface area contributed by atoms with Gasteiger partial charge in [-0.25, -0.2) is 4.98 Å². The first-order valence-electron chi connectivity index (χ1n) is 7.00. The number of hydrogen-bond acceptors (Lipinski definition) is 6. The lowest BCUT2D eigenvalue weighted by Gasteiger charge is -2.02. The van der Waals surface area contributed by atoms with Crippen molar-refractivity contribution < 1.29 is 14.4 Å². The summed E-state index contributed by atoms with van der Waals surface area (Å²) in [6, 6.07) is 0. The van der Waals surface area contributed by atoms with Gasteiger partial charge >= 0.3 is 0 Å². The SMILES string of the molecule is Cc1onc(C(=O)NCCc2nc3c(s2)CCC3)c1CO. The zero-order valence-electron chi connectivity index (χ0n) is 11.8. The number of nitrogens with one attached hydrogen (secondary N) is 1. The summed E-state index contributed by atoms with van der Waals surface area (Å²) in [6.45, 7) is 1.92. The van der Waals surface area contributed by atoms with Gasteiger partial charge in [-0.05, 0) is 26.2 Å². The number of thiazole rings is 1. The van der Waals surface area contributed by atoms with E-state index in [0.29, 0.717) is 24.3 Å². The molecule has 21 heavy (non-hydrogen) atoms. The highest BCUT2D eigenvalue weighted by molar-refractivity contribution is 7.11. The van der Waals surface area contributed by atoms with Gasteiger partial charge in [0.15, 0.2) is 5.69 Å². The molecule has 0 unspecified atom stereocenters. The molecule has 0 aromatic carbocycles. The monoisotopic (exact) mass is 307 g/mol. The summed E-state index contributed by atoms with van der Waals surface area (Å²) in [7, 11) is 0. The van der Waals surface area contributed by atoms with Gasteiger partial charge in [0.25, 0.3) is 5.91 Å². The predicted molar refractivity (Wildman–Crippen MR) is 77.3 cm³/mol. The summed E-state index contributed by atoms with van der Waals surface area (Å²) < 4.78 is 4.93. The molecule has 0 saturated heterocycles. The van der Waals surface area contributed by atoms with Gasteiger partial charge in [0, 0.05) is 17.8 Å². The molecule has 0 aliphatic heterocycles. The minimum Gasteiger partial charge on any atom is -0.391 e. The molecule has 0 fully saturated rings. The Hall–Kier alpha value is -1.73. The molecule has 0 atom stereocenters. The van der Waals surface area contributed by atoms with E-state index in [2.05, 4.69) is 15.5 Å². The first-order chi connectivity index (χ1) is 10.2. The standard InChI is InChI=1S/C14H17N3O3S/c1-8-9(7-18)13(17-20-8)14(19)15-6-5-12-16-10-3-2-4-11(10)21-12/h18H,2-7H2,1H3,(H,15,19). The van der Waals surface area contributed by atoms with E-state index in [1.807, 2.05) is 0 Å². The number of amides is 1. The minimum absolute atomic E-state index is 0.164. The van der Waals surface area contributed by atoms with Crippen LogP contribution in [0.4, 0.5) is 0 Å². The zero-order valence-corrected chi connectivity index (χ0v) is 12.6. The Morgan fingerprint density at radius 1 is 1.48 bits per heavy atom. The van der Waals surface area contributed by atoms with E-state index in [1.54, 1.807) is 18.3 Å². The summed E-state index contributed by atoms with van der Waals surface area (Å²) in [5, 5.41) is 16.8. The van der Waals surface area contributed by atoms with Crippen molar-refractivity contribution in [1.29, 1.82) is 0 Å². The quantitative estimate of drug-likeness (QED) is 0.871. The average Bonchev–Trinajstić information content (AvgIpc) is 3.12. The molecule has 0 saturated carbocycles. The normalized spacial score (nSPS) is 13.4. The van der Waals surface area contributed by atoms with Crippen LogP contribution in [0, 0.1) is 6.92 Å². The minimum atomic E-state index is -0.319. The van der Waals surface area contributed by atoms with Crippen molar-refractivity contribution in [2.24, 2.45) is 0 Å². The Labute approximate surface area is 126 Å². The maximum absolute atomic E-state index is 12.0. The number of fused-ring (bicyclic) bond motifs is 1. The maximum Gasteiger partial charge on any atom is 0.273 e. The highest BCUT2D eigenvalue weighted by Crippen LogP contribution is 2.27. The fourth-order valence-corrected chi connectivity index (χ4v) is 3.63. The van der Waals surface area contributed by atoms with Crippen molar-refractivity contribution in [2.75, 3.05) is 6.54 Å². The lowest BCUT2D eigenvalue weighted by molar-refractivity contribution is 0.0942. The third kappa shape index (κ3) is 2.84.